The van der Waals surface area contributed by atoms with Gasteiger partial charge in [0.15, 0.2) is 6.61 Å². The molecule has 0 aliphatic heterocycles. The highest BCUT2D eigenvalue weighted by atomic mass is 35.5. The van der Waals surface area contributed by atoms with E-state index in [1.54, 1.807) is 36.4 Å². The highest BCUT2D eigenvalue weighted by Crippen LogP contribution is 2.27. The van der Waals surface area contributed by atoms with Crippen molar-refractivity contribution in [3.8, 4) is 5.75 Å². The van der Waals surface area contributed by atoms with Crippen LogP contribution in [0, 0.1) is 6.92 Å². The van der Waals surface area contributed by atoms with E-state index in [0.717, 1.165) is 17.5 Å². The number of carbonyl (C=O) groups is 2. The Labute approximate surface area is 227 Å². The van der Waals surface area contributed by atoms with Crippen LogP contribution in [0.3, 0.4) is 0 Å². The minimum Gasteiger partial charge on any atom is -0.484 e. The van der Waals surface area contributed by atoms with Crippen LogP contribution in [0.2, 0.25) is 15.1 Å². The molecule has 8 heteroatoms. The van der Waals surface area contributed by atoms with E-state index in [9.17, 15) is 9.59 Å². The van der Waals surface area contributed by atoms with Crippen molar-refractivity contribution in [2.45, 2.75) is 39.3 Å². The molecule has 0 saturated heterocycles. The summed E-state index contributed by atoms with van der Waals surface area (Å²) in [7, 11) is 0. The minimum absolute atomic E-state index is 0.0530. The summed E-state index contributed by atoms with van der Waals surface area (Å²) in [5.41, 5.74) is 2.33. The highest BCUT2D eigenvalue weighted by molar-refractivity contribution is 6.36. The maximum Gasteiger partial charge on any atom is 0.261 e. The number of aryl methyl sites for hydroxylation is 1. The number of nitrogens with zero attached hydrogens (tertiary/aromatic N) is 1. The molecule has 3 aromatic rings. The van der Waals surface area contributed by atoms with E-state index >= 15 is 0 Å². The molecule has 0 bridgehead atoms. The molecule has 0 aromatic heterocycles. The lowest BCUT2D eigenvalue weighted by molar-refractivity contribution is -0.142. The highest BCUT2D eigenvalue weighted by Gasteiger charge is 2.31. The average molecular weight is 548 g/mol. The molecule has 0 saturated carbocycles. The van der Waals surface area contributed by atoms with Crippen molar-refractivity contribution in [2.24, 2.45) is 0 Å². The van der Waals surface area contributed by atoms with E-state index in [4.69, 9.17) is 39.5 Å². The van der Waals surface area contributed by atoms with E-state index in [0.29, 0.717) is 39.3 Å². The zero-order valence-corrected chi connectivity index (χ0v) is 22.5. The first kappa shape index (κ1) is 27.9. The van der Waals surface area contributed by atoms with Gasteiger partial charge in [-0.05, 0) is 54.8 Å². The summed E-state index contributed by atoms with van der Waals surface area (Å²) in [5.74, 6) is -0.109. The number of rotatable bonds is 11. The lowest BCUT2D eigenvalue weighted by Gasteiger charge is -2.32. The quantitative estimate of drug-likeness (QED) is 0.298. The van der Waals surface area contributed by atoms with Crippen LogP contribution in [0.25, 0.3) is 0 Å². The molecule has 1 N–H and O–H groups in total. The lowest BCUT2D eigenvalue weighted by atomic mass is 10.0. The zero-order chi connectivity index (χ0) is 26.1. The van der Waals surface area contributed by atoms with Crippen LogP contribution in [0.5, 0.6) is 5.75 Å². The number of hydrogen-bond acceptors (Lipinski definition) is 3. The first-order valence-corrected chi connectivity index (χ1v) is 12.9. The Bertz CT molecular complexity index is 1170. The van der Waals surface area contributed by atoms with Crippen LogP contribution < -0.4 is 10.1 Å². The molecule has 0 unspecified atom stereocenters. The molecular weight excluding hydrogens is 519 g/mol. The number of benzene rings is 3. The smallest absolute Gasteiger partial charge is 0.261 e. The topological polar surface area (TPSA) is 58.6 Å². The molecule has 36 heavy (non-hydrogen) atoms. The standard InChI is InChI=1S/C28H29Cl3N2O3/c1-3-14-32-28(35)26(16-20-8-5-4-6-9-20)33(17-22-24(30)10-7-11-25(22)31)27(34)18-36-21-12-13-23(29)19(2)15-21/h4-13,15,26H,3,14,16-18H2,1-2H3,(H,32,35)/t26-/m1/s1. The van der Waals surface area contributed by atoms with Gasteiger partial charge in [0.25, 0.3) is 5.91 Å². The molecule has 0 aliphatic carbocycles. The molecule has 5 nitrogen and oxygen atoms in total. The Morgan fingerprint density at radius 2 is 1.64 bits per heavy atom. The SMILES string of the molecule is CCCNC(=O)[C@@H](Cc1ccccc1)N(Cc1c(Cl)cccc1Cl)C(=O)COc1ccc(Cl)c(C)c1. The fourth-order valence-corrected chi connectivity index (χ4v) is 4.34. The molecule has 2 amide bonds. The predicted molar refractivity (Wildman–Crippen MR) is 146 cm³/mol. The van der Waals surface area contributed by atoms with Gasteiger partial charge in [0.1, 0.15) is 11.8 Å². The molecule has 1 atom stereocenters. The number of hydrogen-bond donors (Lipinski definition) is 1. The molecule has 0 aliphatic rings. The van der Waals surface area contributed by atoms with Gasteiger partial charge >= 0.3 is 0 Å². The van der Waals surface area contributed by atoms with Crippen molar-refractivity contribution in [3.05, 3.63) is 98.5 Å². The molecule has 190 valence electrons. The largest absolute Gasteiger partial charge is 0.484 e. The molecule has 3 rings (SSSR count). The Morgan fingerprint density at radius 1 is 0.944 bits per heavy atom. The van der Waals surface area contributed by atoms with Gasteiger partial charge < -0.3 is 15.0 Å². The van der Waals surface area contributed by atoms with E-state index in [1.807, 2.05) is 44.2 Å². The van der Waals surface area contributed by atoms with Crippen LogP contribution in [0.1, 0.15) is 30.0 Å². The Hall–Kier alpha value is -2.73. The van der Waals surface area contributed by atoms with Crippen LogP contribution in [-0.2, 0) is 22.6 Å². The Kier molecular flexibility index (Phi) is 10.5. The fraction of sp³-hybridized carbons (Fsp3) is 0.286. The average Bonchev–Trinajstić information content (AvgIpc) is 2.87. The van der Waals surface area contributed by atoms with E-state index in [-0.39, 0.29) is 25.0 Å². The first-order chi connectivity index (χ1) is 17.3. The third kappa shape index (κ3) is 7.63. The summed E-state index contributed by atoms with van der Waals surface area (Å²) in [6.07, 6.45) is 1.09. The van der Waals surface area contributed by atoms with Crippen molar-refractivity contribution in [1.29, 1.82) is 0 Å². The third-order valence-corrected chi connectivity index (χ3v) is 6.83. The van der Waals surface area contributed by atoms with Crippen molar-refractivity contribution >= 4 is 46.6 Å². The molecule has 0 fully saturated rings. The summed E-state index contributed by atoms with van der Waals surface area (Å²) in [5, 5.41) is 4.38. The van der Waals surface area contributed by atoms with Crippen molar-refractivity contribution in [3.63, 3.8) is 0 Å². The summed E-state index contributed by atoms with van der Waals surface area (Å²) < 4.78 is 5.80. The van der Waals surface area contributed by atoms with Gasteiger partial charge in [0.05, 0.1) is 0 Å². The van der Waals surface area contributed by atoms with E-state index in [2.05, 4.69) is 5.32 Å². The predicted octanol–water partition coefficient (Wildman–Crippen LogP) is 6.50. The minimum atomic E-state index is -0.797. The zero-order valence-electron chi connectivity index (χ0n) is 20.3. The third-order valence-electron chi connectivity index (χ3n) is 5.70. The Balaban J connectivity index is 1.94. The summed E-state index contributed by atoms with van der Waals surface area (Å²) in [6.45, 7) is 4.12. The first-order valence-electron chi connectivity index (χ1n) is 11.7. The Morgan fingerprint density at radius 3 is 2.28 bits per heavy atom. The number of amides is 2. The van der Waals surface area contributed by atoms with Gasteiger partial charge in [-0.25, -0.2) is 0 Å². The van der Waals surface area contributed by atoms with Crippen LogP contribution in [0.15, 0.2) is 66.7 Å². The van der Waals surface area contributed by atoms with Crippen molar-refractivity contribution < 1.29 is 14.3 Å². The lowest BCUT2D eigenvalue weighted by Crippen LogP contribution is -2.51. The number of carbonyl (C=O) groups excluding carboxylic acids is 2. The van der Waals surface area contributed by atoms with Gasteiger partial charge in [-0.2, -0.15) is 0 Å². The maximum absolute atomic E-state index is 13.6. The van der Waals surface area contributed by atoms with Crippen LogP contribution >= 0.6 is 34.8 Å². The molecule has 0 heterocycles. The van der Waals surface area contributed by atoms with Gasteiger partial charge in [0.2, 0.25) is 5.91 Å². The van der Waals surface area contributed by atoms with Crippen LogP contribution in [0.4, 0.5) is 0 Å². The van der Waals surface area contributed by atoms with Crippen molar-refractivity contribution in [1.82, 2.24) is 10.2 Å². The van der Waals surface area contributed by atoms with Gasteiger partial charge in [-0.1, -0.05) is 78.1 Å². The summed E-state index contributed by atoms with van der Waals surface area (Å²) in [6, 6.07) is 19.1. The fourth-order valence-electron chi connectivity index (χ4n) is 3.71. The van der Waals surface area contributed by atoms with E-state index < -0.39 is 6.04 Å². The number of halogens is 3. The van der Waals surface area contributed by atoms with Gasteiger partial charge in [-0.3, -0.25) is 9.59 Å². The molecular formula is C28H29Cl3N2O3. The summed E-state index contributed by atoms with van der Waals surface area (Å²) >= 11 is 19.0. The van der Waals surface area contributed by atoms with Gasteiger partial charge in [0, 0.05) is 40.1 Å². The number of ether oxygens (including phenoxy) is 1. The second-order valence-electron chi connectivity index (χ2n) is 8.42. The molecule has 0 radical (unpaired) electrons. The van der Waals surface area contributed by atoms with E-state index in [1.165, 1.54) is 4.90 Å². The molecule has 3 aromatic carbocycles. The normalized spacial score (nSPS) is 11.6. The second-order valence-corrected chi connectivity index (χ2v) is 9.64. The van der Waals surface area contributed by atoms with Gasteiger partial charge in [-0.15, -0.1) is 0 Å². The maximum atomic E-state index is 13.6. The summed E-state index contributed by atoms with van der Waals surface area (Å²) in [4.78, 5) is 28.5. The molecule has 0 spiro atoms. The van der Waals surface area contributed by atoms with Crippen molar-refractivity contribution in [2.75, 3.05) is 13.2 Å². The number of nitrogens with one attached hydrogen (secondary N) is 1. The second kappa shape index (κ2) is 13.5. The van der Waals surface area contributed by atoms with Crippen LogP contribution in [-0.4, -0.2) is 35.9 Å². The monoisotopic (exact) mass is 546 g/mol.